The Morgan fingerprint density at radius 1 is 1.35 bits per heavy atom. The van der Waals surface area contributed by atoms with Crippen LogP contribution in [0.1, 0.15) is 26.7 Å². The van der Waals surface area contributed by atoms with E-state index in [-0.39, 0.29) is 18.0 Å². The van der Waals surface area contributed by atoms with E-state index in [0.29, 0.717) is 19.0 Å². The zero-order valence-corrected chi connectivity index (χ0v) is 10.3. The van der Waals surface area contributed by atoms with Crippen LogP contribution in [0.3, 0.4) is 0 Å². The zero-order valence-electron chi connectivity index (χ0n) is 10.3. The van der Waals surface area contributed by atoms with Gasteiger partial charge in [0.1, 0.15) is 0 Å². The summed E-state index contributed by atoms with van der Waals surface area (Å²) in [6, 6.07) is 0.0988. The molecule has 2 rings (SSSR count). The molecule has 2 amide bonds. The molecular formula is C12H20N2O3. The third kappa shape index (κ3) is 2.70. The molecule has 1 aliphatic heterocycles. The number of carbonyl (C=O) groups excluding carboxylic acids is 1. The summed E-state index contributed by atoms with van der Waals surface area (Å²) in [7, 11) is 0. The van der Waals surface area contributed by atoms with Gasteiger partial charge in [0, 0.05) is 19.1 Å². The maximum Gasteiger partial charge on any atom is 0.317 e. The van der Waals surface area contributed by atoms with Crippen LogP contribution in [0, 0.1) is 17.8 Å². The van der Waals surface area contributed by atoms with E-state index in [1.807, 2.05) is 13.8 Å². The van der Waals surface area contributed by atoms with Gasteiger partial charge in [-0.15, -0.1) is 0 Å². The monoisotopic (exact) mass is 240 g/mol. The number of urea groups is 1. The number of nitrogens with one attached hydrogen (secondary N) is 1. The Labute approximate surface area is 101 Å². The van der Waals surface area contributed by atoms with E-state index >= 15 is 0 Å². The van der Waals surface area contributed by atoms with Crippen LogP contribution < -0.4 is 5.32 Å². The van der Waals surface area contributed by atoms with Crippen LogP contribution >= 0.6 is 0 Å². The molecule has 5 nitrogen and oxygen atoms in total. The topological polar surface area (TPSA) is 69.6 Å². The van der Waals surface area contributed by atoms with Crippen molar-refractivity contribution in [2.45, 2.75) is 32.7 Å². The third-order valence-electron chi connectivity index (χ3n) is 3.90. The van der Waals surface area contributed by atoms with Gasteiger partial charge in [0.05, 0.1) is 5.92 Å². The van der Waals surface area contributed by atoms with E-state index in [2.05, 4.69) is 5.32 Å². The molecule has 2 fully saturated rings. The molecule has 0 aromatic rings. The van der Waals surface area contributed by atoms with Gasteiger partial charge in [0.2, 0.25) is 0 Å². The van der Waals surface area contributed by atoms with Crippen molar-refractivity contribution in [2.75, 3.05) is 13.1 Å². The number of carboxylic acid groups (broad SMARTS) is 1. The predicted molar refractivity (Wildman–Crippen MR) is 62.6 cm³/mol. The second kappa shape index (κ2) is 4.55. The van der Waals surface area contributed by atoms with E-state index in [1.54, 1.807) is 4.90 Å². The van der Waals surface area contributed by atoms with Crippen molar-refractivity contribution in [1.82, 2.24) is 10.2 Å². The first-order valence-electron chi connectivity index (χ1n) is 6.27. The highest BCUT2D eigenvalue weighted by Crippen LogP contribution is 2.32. The number of carbonyl (C=O) groups is 2. The van der Waals surface area contributed by atoms with Gasteiger partial charge in [-0.25, -0.2) is 4.79 Å². The standard InChI is InChI=1S/C12H20N2O3/c1-7-5-14(6-10(7)11(15)16)12(17)13-8(2)9-3-4-9/h7-10H,3-6H2,1-2H3,(H,13,17)(H,15,16)/t7-,8?,10-/m1/s1. The van der Waals surface area contributed by atoms with Crippen molar-refractivity contribution in [2.24, 2.45) is 17.8 Å². The van der Waals surface area contributed by atoms with Crippen LogP contribution in [0.4, 0.5) is 4.79 Å². The highest BCUT2D eigenvalue weighted by Gasteiger charge is 2.38. The Morgan fingerprint density at radius 3 is 2.47 bits per heavy atom. The minimum absolute atomic E-state index is 0.0366. The summed E-state index contributed by atoms with van der Waals surface area (Å²) >= 11 is 0. The number of likely N-dealkylation sites (tertiary alicyclic amines) is 1. The maximum atomic E-state index is 11.9. The largest absolute Gasteiger partial charge is 0.481 e. The van der Waals surface area contributed by atoms with Crippen molar-refractivity contribution in [3.63, 3.8) is 0 Å². The van der Waals surface area contributed by atoms with Crippen LogP contribution in [0.5, 0.6) is 0 Å². The van der Waals surface area contributed by atoms with Crippen molar-refractivity contribution in [3.8, 4) is 0 Å². The highest BCUT2D eigenvalue weighted by molar-refractivity contribution is 5.77. The first kappa shape index (κ1) is 12.2. The average Bonchev–Trinajstić information content (AvgIpc) is 3.01. The molecule has 5 heteroatoms. The van der Waals surface area contributed by atoms with Crippen LogP contribution in [0.25, 0.3) is 0 Å². The second-order valence-electron chi connectivity index (χ2n) is 5.40. The number of hydrogen-bond acceptors (Lipinski definition) is 2. The van der Waals surface area contributed by atoms with Crippen molar-refractivity contribution < 1.29 is 14.7 Å². The Hall–Kier alpha value is -1.26. The minimum atomic E-state index is -0.803. The van der Waals surface area contributed by atoms with E-state index < -0.39 is 11.9 Å². The van der Waals surface area contributed by atoms with Crippen LogP contribution in [0.15, 0.2) is 0 Å². The van der Waals surface area contributed by atoms with Gasteiger partial charge in [-0.1, -0.05) is 6.92 Å². The van der Waals surface area contributed by atoms with Crippen molar-refractivity contribution in [3.05, 3.63) is 0 Å². The van der Waals surface area contributed by atoms with E-state index in [4.69, 9.17) is 5.11 Å². The molecule has 96 valence electrons. The molecule has 0 radical (unpaired) electrons. The Morgan fingerprint density at radius 2 is 2.00 bits per heavy atom. The molecule has 3 atom stereocenters. The van der Waals surface area contributed by atoms with Gasteiger partial charge < -0.3 is 15.3 Å². The van der Waals surface area contributed by atoms with Gasteiger partial charge in [-0.2, -0.15) is 0 Å². The molecule has 0 bridgehead atoms. The Bertz CT molecular complexity index is 328. The van der Waals surface area contributed by atoms with Gasteiger partial charge in [-0.3, -0.25) is 4.79 Å². The highest BCUT2D eigenvalue weighted by atomic mass is 16.4. The van der Waals surface area contributed by atoms with Crippen LogP contribution in [-0.4, -0.2) is 41.1 Å². The summed E-state index contributed by atoms with van der Waals surface area (Å²) in [6.45, 7) is 4.78. The van der Waals surface area contributed by atoms with Crippen molar-refractivity contribution in [1.29, 1.82) is 0 Å². The number of amides is 2. The van der Waals surface area contributed by atoms with Crippen LogP contribution in [0.2, 0.25) is 0 Å². The molecule has 1 saturated heterocycles. The quantitative estimate of drug-likeness (QED) is 0.777. The maximum absolute atomic E-state index is 11.9. The zero-order chi connectivity index (χ0) is 12.6. The smallest absolute Gasteiger partial charge is 0.317 e. The van der Waals surface area contributed by atoms with E-state index in [1.165, 1.54) is 12.8 Å². The molecule has 17 heavy (non-hydrogen) atoms. The van der Waals surface area contributed by atoms with Crippen LogP contribution in [-0.2, 0) is 4.79 Å². The second-order valence-corrected chi connectivity index (χ2v) is 5.40. The van der Waals surface area contributed by atoms with E-state index in [0.717, 1.165) is 0 Å². The predicted octanol–water partition coefficient (Wildman–Crippen LogP) is 1.15. The summed E-state index contributed by atoms with van der Waals surface area (Å²) in [5, 5.41) is 12.0. The molecule has 0 aromatic carbocycles. The van der Waals surface area contributed by atoms with Gasteiger partial charge in [0.15, 0.2) is 0 Å². The molecule has 2 N–H and O–H groups in total. The molecule has 0 aromatic heterocycles. The molecule has 1 unspecified atom stereocenters. The van der Waals surface area contributed by atoms with Crippen molar-refractivity contribution >= 4 is 12.0 Å². The molecular weight excluding hydrogens is 220 g/mol. The number of hydrogen-bond donors (Lipinski definition) is 2. The fourth-order valence-electron chi connectivity index (χ4n) is 2.45. The summed E-state index contributed by atoms with van der Waals surface area (Å²) in [5.74, 6) is -0.566. The van der Waals surface area contributed by atoms with E-state index in [9.17, 15) is 9.59 Å². The molecule has 1 aliphatic carbocycles. The van der Waals surface area contributed by atoms with Gasteiger partial charge >= 0.3 is 12.0 Å². The number of rotatable bonds is 3. The number of aliphatic carboxylic acids is 1. The lowest BCUT2D eigenvalue weighted by molar-refractivity contribution is -0.142. The summed E-state index contributed by atoms with van der Waals surface area (Å²) < 4.78 is 0. The fourth-order valence-corrected chi connectivity index (χ4v) is 2.45. The normalized spacial score (nSPS) is 30.1. The fraction of sp³-hybridized carbons (Fsp3) is 0.833. The first-order chi connectivity index (χ1) is 7.99. The lowest BCUT2D eigenvalue weighted by Gasteiger charge is -2.20. The number of carboxylic acids is 1. The lowest BCUT2D eigenvalue weighted by atomic mass is 9.99. The average molecular weight is 240 g/mol. The van der Waals surface area contributed by atoms with Gasteiger partial charge in [-0.05, 0) is 31.6 Å². The SMILES string of the molecule is CC(NC(=O)N1C[C@@H](C)[C@H](C(=O)O)C1)C1CC1. The number of nitrogens with zero attached hydrogens (tertiary/aromatic N) is 1. The molecule has 0 spiro atoms. The Balaban J connectivity index is 1.86. The molecule has 1 heterocycles. The Kier molecular flexibility index (Phi) is 3.26. The summed E-state index contributed by atoms with van der Waals surface area (Å²) in [4.78, 5) is 24.5. The minimum Gasteiger partial charge on any atom is -0.481 e. The summed E-state index contributed by atoms with van der Waals surface area (Å²) in [5.41, 5.74) is 0. The molecule has 1 saturated carbocycles. The van der Waals surface area contributed by atoms with Gasteiger partial charge in [0.25, 0.3) is 0 Å². The lowest BCUT2D eigenvalue weighted by Crippen LogP contribution is -2.43. The first-order valence-corrected chi connectivity index (χ1v) is 6.27. The third-order valence-corrected chi connectivity index (χ3v) is 3.90. The summed E-state index contributed by atoms with van der Waals surface area (Å²) in [6.07, 6.45) is 2.38. The molecule has 2 aliphatic rings.